The lowest BCUT2D eigenvalue weighted by Crippen LogP contribution is -2.33. The van der Waals surface area contributed by atoms with E-state index >= 15 is 0 Å². The molecule has 24 heavy (non-hydrogen) atoms. The zero-order valence-electron chi connectivity index (χ0n) is 13.3. The van der Waals surface area contributed by atoms with Crippen LogP contribution in [0.5, 0.6) is 0 Å². The number of amides is 1. The lowest BCUT2D eigenvalue weighted by Gasteiger charge is -2.22. The van der Waals surface area contributed by atoms with Crippen LogP contribution in [-0.2, 0) is 0 Å². The van der Waals surface area contributed by atoms with Crippen molar-refractivity contribution in [1.82, 2.24) is 15.6 Å². The van der Waals surface area contributed by atoms with Gasteiger partial charge in [-0.1, -0.05) is 23.7 Å². The molecule has 1 fully saturated rings. The summed E-state index contributed by atoms with van der Waals surface area (Å²) in [6, 6.07) is 9.17. The molecule has 2 heterocycles. The standard InChI is InChI=1S/C17H20ClN3O.2ClH/c18-14-5-3-13-4-6-15(21-16(13)10-14)17(22)20-9-7-12-2-1-8-19-11-12;;/h3-6,10,12,19H,1-2,7-9,11H2,(H,20,22);2*1H. The zero-order valence-corrected chi connectivity index (χ0v) is 15.6. The van der Waals surface area contributed by atoms with Crippen LogP contribution in [0.15, 0.2) is 30.3 Å². The van der Waals surface area contributed by atoms with Gasteiger partial charge in [-0.05, 0) is 56.5 Å². The van der Waals surface area contributed by atoms with Crippen LogP contribution in [0.2, 0.25) is 5.02 Å². The van der Waals surface area contributed by atoms with E-state index in [9.17, 15) is 4.79 Å². The number of hydrogen-bond acceptors (Lipinski definition) is 3. The van der Waals surface area contributed by atoms with Crippen molar-refractivity contribution in [3.63, 3.8) is 0 Å². The molecule has 1 unspecified atom stereocenters. The van der Waals surface area contributed by atoms with E-state index in [4.69, 9.17) is 11.6 Å². The summed E-state index contributed by atoms with van der Waals surface area (Å²) in [5.41, 5.74) is 1.19. The molecule has 0 spiro atoms. The number of benzene rings is 1. The number of piperidine rings is 1. The van der Waals surface area contributed by atoms with Crippen molar-refractivity contribution in [3.05, 3.63) is 41.0 Å². The maximum absolute atomic E-state index is 12.2. The summed E-state index contributed by atoms with van der Waals surface area (Å²) < 4.78 is 0. The van der Waals surface area contributed by atoms with E-state index in [0.29, 0.717) is 23.2 Å². The second-order valence-electron chi connectivity index (χ2n) is 5.79. The SMILES string of the molecule is Cl.Cl.O=C(NCCC1CCCNC1)c1ccc2ccc(Cl)cc2n1. The first kappa shape index (κ1) is 21.0. The Labute approximate surface area is 159 Å². The number of aromatic nitrogens is 1. The van der Waals surface area contributed by atoms with E-state index in [1.165, 1.54) is 12.8 Å². The molecule has 2 N–H and O–H groups in total. The maximum Gasteiger partial charge on any atom is 0.269 e. The number of fused-ring (bicyclic) bond motifs is 1. The van der Waals surface area contributed by atoms with E-state index in [2.05, 4.69) is 15.6 Å². The number of pyridine rings is 1. The van der Waals surface area contributed by atoms with Crippen molar-refractivity contribution in [2.45, 2.75) is 19.3 Å². The van der Waals surface area contributed by atoms with Gasteiger partial charge < -0.3 is 10.6 Å². The monoisotopic (exact) mass is 389 g/mol. The molecule has 7 heteroatoms. The number of halogens is 3. The molecule has 3 rings (SSSR count). The number of carbonyl (C=O) groups is 1. The number of hydrogen-bond donors (Lipinski definition) is 2. The molecule has 1 aliphatic heterocycles. The fraction of sp³-hybridized carbons (Fsp3) is 0.412. The van der Waals surface area contributed by atoms with Crippen LogP contribution in [0, 0.1) is 5.92 Å². The fourth-order valence-electron chi connectivity index (χ4n) is 2.87. The van der Waals surface area contributed by atoms with Crippen LogP contribution in [0.25, 0.3) is 10.9 Å². The van der Waals surface area contributed by atoms with Crippen LogP contribution in [0.3, 0.4) is 0 Å². The highest BCUT2D eigenvalue weighted by Crippen LogP contribution is 2.18. The average Bonchev–Trinajstić information content (AvgIpc) is 2.55. The highest BCUT2D eigenvalue weighted by molar-refractivity contribution is 6.31. The Bertz CT molecular complexity index is 675. The molecule has 1 saturated heterocycles. The third-order valence-corrected chi connectivity index (χ3v) is 4.36. The minimum Gasteiger partial charge on any atom is -0.351 e. The molecule has 2 aromatic rings. The number of nitrogens with zero attached hydrogens (tertiary/aromatic N) is 1. The summed E-state index contributed by atoms with van der Waals surface area (Å²) in [5, 5.41) is 7.96. The number of rotatable bonds is 4. The molecule has 1 amide bonds. The van der Waals surface area contributed by atoms with Gasteiger partial charge in [0, 0.05) is 17.0 Å². The Kier molecular flexibility index (Phi) is 8.78. The van der Waals surface area contributed by atoms with Crippen LogP contribution < -0.4 is 10.6 Å². The smallest absolute Gasteiger partial charge is 0.269 e. The van der Waals surface area contributed by atoms with Gasteiger partial charge in [-0.15, -0.1) is 24.8 Å². The predicted octanol–water partition coefficient (Wildman–Crippen LogP) is 3.85. The van der Waals surface area contributed by atoms with Crippen molar-refractivity contribution in [2.75, 3.05) is 19.6 Å². The van der Waals surface area contributed by atoms with Gasteiger partial charge in [0.2, 0.25) is 0 Å². The summed E-state index contributed by atoms with van der Waals surface area (Å²) in [7, 11) is 0. The molecular formula is C17H22Cl3N3O. The summed E-state index contributed by atoms with van der Waals surface area (Å²) in [5.74, 6) is 0.545. The average molecular weight is 391 g/mol. The predicted molar refractivity (Wildman–Crippen MR) is 104 cm³/mol. The molecule has 0 aliphatic carbocycles. The first-order valence-corrected chi connectivity index (χ1v) is 8.15. The molecule has 0 saturated carbocycles. The van der Waals surface area contributed by atoms with E-state index in [-0.39, 0.29) is 30.7 Å². The van der Waals surface area contributed by atoms with Crippen molar-refractivity contribution in [2.24, 2.45) is 5.92 Å². The van der Waals surface area contributed by atoms with Crippen LogP contribution in [0.1, 0.15) is 29.8 Å². The number of nitrogens with one attached hydrogen (secondary N) is 2. The normalized spacial score (nSPS) is 16.8. The molecular weight excluding hydrogens is 369 g/mol. The molecule has 1 aliphatic rings. The molecule has 4 nitrogen and oxygen atoms in total. The number of carbonyl (C=O) groups excluding carboxylic acids is 1. The van der Waals surface area contributed by atoms with Crippen LogP contribution >= 0.6 is 36.4 Å². The first-order chi connectivity index (χ1) is 10.7. The molecule has 1 aromatic carbocycles. The van der Waals surface area contributed by atoms with Gasteiger partial charge in [0.1, 0.15) is 5.69 Å². The minimum absolute atomic E-state index is 0. The lowest BCUT2D eigenvalue weighted by atomic mass is 9.96. The summed E-state index contributed by atoms with van der Waals surface area (Å²) in [4.78, 5) is 16.6. The minimum atomic E-state index is -0.120. The van der Waals surface area contributed by atoms with Crippen molar-refractivity contribution < 1.29 is 4.79 Å². The highest BCUT2D eigenvalue weighted by Gasteiger charge is 2.13. The highest BCUT2D eigenvalue weighted by atomic mass is 35.5. The largest absolute Gasteiger partial charge is 0.351 e. The van der Waals surface area contributed by atoms with Gasteiger partial charge in [0.15, 0.2) is 0 Å². The third-order valence-electron chi connectivity index (χ3n) is 4.12. The van der Waals surface area contributed by atoms with Crippen LogP contribution in [-0.4, -0.2) is 30.5 Å². The Balaban J connectivity index is 0.00000144. The second-order valence-corrected chi connectivity index (χ2v) is 6.23. The summed E-state index contributed by atoms with van der Waals surface area (Å²) in [6.45, 7) is 2.87. The Morgan fingerprint density at radius 1 is 1.29 bits per heavy atom. The van der Waals surface area contributed by atoms with Gasteiger partial charge in [-0.2, -0.15) is 0 Å². The molecule has 1 atom stereocenters. The Morgan fingerprint density at radius 3 is 2.83 bits per heavy atom. The summed E-state index contributed by atoms with van der Waals surface area (Å²) in [6.07, 6.45) is 3.49. The van der Waals surface area contributed by atoms with Gasteiger partial charge in [-0.3, -0.25) is 4.79 Å². The zero-order chi connectivity index (χ0) is 15.4. The molecule has 0 radical (unpaired) electrons. The Hall–Kier alpha value is -1.07. The van der Waals surface area contributed by atoms with E-state index in [0.717, 1.165) is 30.4 Å². The third kappa shape index (κ3) is 5.49. The van der Waals surface area contributed by atoms with Crippen molar-refractivity contribution in [1.29, 1.82) is 0 Å². The quantitative estimate of drug-likeness (QED) is 0.833. The molecule has 1 aromatic heterocycles. The van der Waals surface area contributed by atoms with Gasteiger partial charge in [-0.25, -0.2) is 4.98 Å². The van der Waals surface area contributed by atoms with Crippen molar-refractivity contribution in [3.8, 4) is 0 Å². The van der Waals surface area contributed by atoms with Crippen molar-refractivity contribution >= 4 is 53.2 Å². The van der Waals surface area contributed by atoms with Gasteiger partial charge in [0.05, 0.1) is 5.52 Å². The second kappa shape index (κ2) is 10.0. The lowest BCUT2D eigenvalue weighted by molar-refractivity contribution is 0.0946. The van der Waals surface area contributed by atoms with Gasteiger partial charge in [0.25, 0.3) is 5.91 Å². The van der Waals surface area contributed by atoms with E-state index in [1.807, 2.05) is 18.2 Å². The van der Waals surface area contributed by atoms with Gasteiger partial charge >= 0.3 is 0 Å². The maximum atomic E-state index is 12.2. The fourth-order valence-corrected chi connectivity index (χ4v) is 3.03. The topological polar surface area (TPSA) is 54.0 Å². The van der Waals surface area contributed by atoms with Crippen LogP contribution in [0.4, 0.5) is 0 Å². The van der Waals surface area contributed by atoms with E-state index < -0.39 is 0 Å². The molecule has 0 bridgehead atoms. The first-order valence-electron chi connectivity index (χ1n) is 7.77. The summed E-state index contributed by atoms with van der Waals surface area (Å²) >= 11 is 5.97. The van der Waals surface area contributed by atoms with E-state index in [1.54, 1.807) is 12.1 Å². The Morgan fingerprint density at radius 2 is 2.08 bits per heavy atom. The molecule has 132 valence electrons.